The maximum Gasteiger partial charge on any atom is 0.305 e. The highest BCUT2D eigenvalue weighted by Gasteiger charge is 2.38. The number of carbonyl (C=O) groups excluding carboxylic acids is 1. The van der Waals surface area contributed by atoms with E-state index in [0.29, 0.717) is 13.2 Å². The van der Waals surface area contributed by atoms with Gasteiger partial charge in [0.25, 0.3) is 0 Å². The molecule has 0 aromatic carbocycles. The third kappa shape index (κ3) is 4.00. The zero-order valence-electron chi connectivity index (χ0n) is 10.4. The fraction of sp³-hybridized carbons (Fsp3) is 0.833. The van der Waals surface area contributed by atoms with Gasteiger partial charge in [-0.25, -0.2) is 0 Å². The van der Waals surface area contributed by atoms with E-state index in [9.17, 15) is 9.59 Å². The van der Waals surface area contributed by atoms with Gasteiger partial charge < -0.3 is 14.6 Å². The van der Waals surface area contributed by atoms with Crippen LogP contribution in [0.2, 0.25) is 0 Å². The highest BCUT2D eigenvalue weighted by atomic mass is 16.5. The van der Waals surface area contributed by atoms with E-state index in [4.69, 9.17) is 9.84 Å². The zero-order chi connectivity index (χ0) is 12.9. The summed E-state index contributed by atoms with van der Waals surface area (Å²) >= 11 is 0. The molecule has 1 fully saturated rings. The van der Waals surface area contributed by atoms with E-state index in [2.05, 4.69) is 4.74 Å². The molecule has 1 N–H and O–H groups in total. The summed E-state index contributed by atoms with van der Waals surface area (Å²) in [6.45, 7) is 3.30. The van der Waals surface area contributed by atoms with Gasteiger partial charge in [0.1, 0.15) is 0 Å². The molecule has 98 valence electrons. The standard InChI is InChI=1S/C12H20O5/c1-12(3-5-17-6-4-12)9(7-10(13)14)8-11(15)16-2/h9H,3-8H2,1-2H3,(H,13,14). The maximum absolute atomic E-state index is 11.3. The van der Waals surface area contributed by atoms with Crippen LogP contribution in [-0.4, -0.2) is 37.4 Å². The number of hydrogen-bond acceptors (Lipinski definition) is 4. The van der Waals surface area contributed by atoms with Crippen molar-refractivity contribution >= 4 is 11.9 Å². The van der Waals surface area contributed by atoms with Crippen LogP contribution in [0.15, 0.2) is 0 Å². The Morgan fingerprint density at radius 2 is 1.94 bits per heavy atom. The van der Waals surface area contributed by atoms with Crippen LogP contribution in [0.4, 0.5) is 0 Å². The Labute approximate surface area is 101 Å². The summed E-state index contributed by atoms with van der Waals surface area (Å²) in [5, 5.41) is 8.93. The van der Waals surface area contributed by atoms with Gasteiger partial charge in [-0.1, -0.05) is 6.92 Å². The number of carboxylic acid groups (broad SMARTS) is 1. The van der Waals surface area contributed by atoms with Gasteiger partial charge in [0, 0.05) is 26.1 Å². The van der Waals surface area contributed by atoms with Gasteiger partial charge in [0.15, 0.2) is 0 Å². The van der Waals surface area contributed by atoms with Crippen molar-refractivity contribution in [1.82, 2.24) is 0 Å². The average molecular weight is 244 g/mol. The minimum absolute atomic E-state index is 0.00556. The summed E-state index contributed by atoms with van der Waals surface area (Å²) in [5.74, 6) is -1.40. The summed E-state index contributed by atoms with van der Waals surface area (Å²) in [5.41, 5.74) is -0.148. The van der Waals surface area contributed by atoms with Gasteiger partial charge in [-0.15, -0.1) is 0 Å². The van der Waals surface area contributed by atoms with Crippen molar-refractivity contribution in [2.75, 3.05) is 20.3 Å². The molecule has 1 unspecified atom stereocenters. The number of carboxylic acids is 1. The molecule has 1 aliphatic heterocycles. The second-order valence-electron chi connectivity index (χ2n) is 4.84. The predicted molar refractivity (Wildman–Crippen MR) is 60.5 cm³/mol. The molecule has 0 saturated carbocycles. The Hall–Kier alpha value is -1.10. The number of ether oxygens (including phenoxy) is 2. The first-order valence-electron chi connectivity index (χ1n) is 5.84. The van der Waals surface area contributed by atoms with Crippen molar-refractivity contribution in [3.63, 3.8) is 0 Å². The van der Waals surface area contributed by atoms with Crippen LogP contribution in [-0.2, 0) is 19.1 Å². The lowest BCUT2D eigenvalue weighted by molar-refractivity contribution is -0.146. The lowest BCUT2D eigenvalue weighted by Crippen LogP contribution is -2.36. The predicted octanol–water partition coefficient (Wildman–Crippen LogP) is 1.46. The minimum atomic E-state index is -0.869. The molecule has 0 aromatic rings. The largest absolute Gasteiger partial charge is 0.481 e. The molecule has 5 nitrogen and oxygen atoms in total. The topological polar surface area (TPSA) is 72.8 Å². The van der Waals surface area contributed by atoms with E-state index in [1.54, 1.807) is 0 Å². The second kappa shape index (κ2) is 6.00. The normalized spacial score (nSPS) is 20.6. The van der Waals surface area contributed by atoms with Crippen LogP contribution in [0.5, 0.6) is 0 Å². The highest BCUT2D eigenvalue weighted by Crippen LogP contribution is 2.41. The van der Waals surface area contributed by atoms with Gasteiger partial charge in [-0.05, 0) is 24.2 Å². The first-order chi connectivity index (χ1) is 7.98. The summed E-state index contributed by atoms with van der Waals surface area (Å²) in [4.78, 5) is 22.2. The molecule has 1 heterocycles. The van der Waals surface area contributed by atoms with Gasteiger partial charge in [0.2, 0.25) is 0 Å². The quantitative estimate of drug-likeness (QED) is 0.741. The van der Waals surface area contributed by atoms with Crippen LogP contribution < -0.4 is 0 Å². The van der Waals surface area contributed by atoms with Crippen LogP contribution in [0.1, 0.15) is 32.6 Å². The summed E-state index contributed by atoms with van der Waals surface area (Å²) in [7, 11) is 1.33. The zero-order valence-corrected chi connectivity index (χ0v) is 10.4. The molecule has 0 spiro atoms. The van der Waals surface area contributed by atoms with E-state index in [0.717, 1.165) is 12.8 Å². The van der Waals surface area contributed by atoms with Crippen LogP contribution in [0.25, 0.3) is 0 Å². The maximum atomic E-state index is 11.3. The first-order valence-corrected chi connectivity index (χ1v) is 5.84. The molecule has 5 heteroatoms. The van der Waals surface area contributed by atoms with E-state index in [1.807, 2.05) is 6.92 Å². The summed E-state index contributed by atoms with van der Waals surface area (Å²) in [6, 6.07) is 0. The Morgan fingerprint density at radius 3 is 2.41 bits per heavy atom. The third-order valence-corrected chi connectivity index (χ3v) is 3.68. The van der Waals surface area contributed by atoms with E-state index < -0.39 is 5.97 Å². The molecule has 0 bridgehead atoms. The molecule has 1 rings (SSSR count). The molecule has 0 radical (unpaired) electrons. The third-order valence-electron chi connectivity index (χ3n) is 3.68. The van der Waals surface area contributed by atoms with E-state index in [1.165, 1.54) is 7.11 Å². The van der Waals surface area contributed by atoms with Crippen LogP contribution in [0, 0.1) is 11.3 Å². The fourth-order valence-corrected chi connectivity index (χ4v) is 2.31. The summed E-state index contributed by atoms with van der Waals surface area (Å²) < 4.78 is 9.92. The molecule has 1 aliphatic rings. The van der Waals surface area contributed by atoms with Gasteiger partial charge in [-0.2, -0.15) is 0 Å². The van der Waals surface area contributed by atoms with Crippen molar-refractivity contribution in [2.45, 2.75) is 32.6 Å². The molecular formula is C12H20O5. The van der Waals surface area contributed by atoms with Gasteiger partial charge in [0.05, 0.1) is 7.11 Å². The van der Waals surface area contributed by atoms with Crippen molar-refractivity contribution in [1.29, 1.82) is 0 Å². The summed E-state index contributed by atoms with van der Waals surface area (Å²) in [6.07, 6.45) is 1.76. The Morgan fingerprint density at radius 1 is 1.35 bits per heavy atom. The molecule has 1 saturated heterocycles. The number of carbonyl (C=O) groups is 2. The van der Waals surface area contributed by atoms with Crippen molar-refractivity contribution in [3.05, 3.63) is 0 Å². The number of esters is 1. The number of aliphatic carboxylic acids is 1. The molecule has 0 aromatic heterocycles. The number of hydrogen-bond donors (Lipinski definition) is 1. The Kier molecular flexibility index (Phi) is 4.93. The van der Waals surface area contributed by atoms with E-state index in [-0.39, 0.29) is 30.1 Å². The first kappa shape index (κ1) is 14.0. The molecule has 0 amide bonds. The monoisotopic (exact) mass is 244 g/mol. The fourth-order valence-electron chi connectivity index (χ4n) is 2.31. The SMILES string of the molecule is COC(=O)CC(CC(=O)O)C1(C)CCOCC1. The van der Waals surface area contributed by atoms with Gasteiger partial charge in [-0.3, -0.25) is 9.59 Å². The molecule has 1 atom stereocenters. The second-order valence-corrected chi connectivity index (χ2v) is 4.84. The lowest BCUT2D eigenvalue weighted by atomic mass is 9.69. The van der Waals surface area contributed by atoms with Crippen LogP contribution >= 0.6 is 0 Å². The molecule has 0 aliphatic carbocycles. The average Bonchev–Trinajstić information content (AvgIpc) is 2.28. The number of methoxy groups -OCH3 is 1. The molecular weight excluding hydrogens is 224 g/mol. The van der Waals surface area contributed by atoms with Gasteiger partial charge >= 0.3 is 11.9 Å². The molecule has 17 heavy (non-hydrogen) atoms. The minimum Gasteiger partial charge on any atom is -0.481 e. The Balaban J connectivity index is 2.72. The van der Waals surface area contributed by atoms with Crippen molar-refractivity contribution < 1.29 is 24.2 Å². The smallest absolute Gasteiger partial charge is 0.305 e. The van der Waals surface area contributed by atoms with E-state index >= 15 is 0 Å². The Bertz CT molecular complexity index is 281. The van der Waals surface area contributed by atoms with Crippen molar-refractivity contribution in [3.8, 4) is 0 Å². The lowest BCUT2D eigenvalue weighted by Gasteiger charge is -2.39. The number of rotatable bonds is 5. The highest BCUT2D eigenvalue weighted by molar-refractivity contribution is 5.72. The van der Waals surface area contributed by atoms with Crippen molar-refractivity contribution in [2.24, 2.45) is 11.3 Å². The van der Waals surface area contributed by atoms with Crippen LogP contribution in [0.3, 0.4) is 0 Å².